The minimum absolute atomic E-state index is 0.0461. The van der Waals surface area contributed by atoms with E-state index in [9.17, 15) is 18.4 Å². The van der Waals surface area contributed by atoms with Crippen molar-refractivity contribution >= 4 is 5.97 Å². The van der Waals surface area contributed by atoms with E-state index < -0.39 is 29.1 Å². The van der Waals surface area contributed by atoms with Crippen LogP contribution in [0.5, 0.6) is 0 Å². The van der Waals surface area contributed by atoms with Gasteiger partial charge < -0.3 is 15.5 Å². The molecule has 0 aliphatic heterocycles. The van der Waals surface area contributed by atoms with E-state index in [1.165, 1.54) is 0 Å². The van der Waals surface area contributed by atoms with E-state index in [1.807, 2.05) is 0 Å². The molecule has 1 rings (SSSR count). The first kappa shape index (κ1) is 12.3. The number of alkyl halides is 2. The van der Waals surface area contributed by atoms with E-state index in [1.54, 1.807) is 0 Å². The second kappa shape index (κ2) is 4.84. The van der Waals surface area contributed by atoms with Crippen LogP contribution < -0.4 is 11.2 Å². The molecule has 88 valence electrons. The molecule has 0 aromatic carbocycles. The van der Waals surface area contributed by atoms with Gasteiger partial charge in [0.25, 0.3) is 6.43 Å². The molecular weight excluding hydrogens is 222 g/mol. The fourth-order valence-corrected chi connectivity index (χ4v) is 1.21. The second-order valence-corrected chi connectivity index (χ2v) is 2.93. The van der Waals surface area contributed by atoms with Crippen molar-refractivity contribution in [3.05, 3.63) is 33.2 Å². The number of H-pyrrole nitrogens is 1. The summed E-state index contributed by atoms with van der Waals surface area (Å²) < 4.78 is 29.3. The van der Waals surface area contributed by atoms with Crippen LogP contribution in [0, 0.1) is 0 Å². The van der Waals surface area contributed by atoms with Gasteiger partial charge in [-0.3, -0.25) is 4.79 Å². The number of hydrogen-bond acceptors (Lipinski definition) is 4. The molecule has 0 bridgehead atoms. The summed E-state index contributed by atoms with van der Waals surface area (Å²) in [5.74, 6) is -1.10. The molecule has 0 radical (unpaired) electrons. The summed E-state index contributed by atoms with van der Waals surface area (Å²) >= 11 is 0. The molecule has 0 saturated carbocycles. The van der Waals surface area contributed by atoms with E-state index in [0.717, 1.165) is 13.3 Å². The molecule has 0 atom stereocenters. The average molecular weight is 232 g/mol. The highest BCUT2D eigenvalue weighted by Crippen LogP contribution is 2.19. The number of ether oxygens (including phenoxy) is 1. The van der Waals surface area contributed by atoms with Crippen molar-refractivity contribution in [2.75, 3.05) is 7.11 Å². The largest absolute Gasteiger partial charge is 0.465 e. The van der Waals surface area contributed by atoms with Gasteiger partial charge in [0.2, 0.25) is 5.43 Å². The van der Waals surface area contributed by atoms with Gasteiger partial charge >= 0.3 is 5.97 Å². The molecule has 1 aromatic rings. The quantitative estimate of drug-likeness (QED) is 0.745. The number of rotatable bonds is 3. The van der Waals surface area contributed by atoms with E-state index in [0.29, 0.717) is 0 Å². The third kappa shape index (κ3) is 2.08. The summed E-state index contributed by atoms with van der Waals surface area (Å²) in [6.45, 7) is -0.150. The molecule has 0 amide bonds. The van der Waals surface area contributed by atoms with Crippen LogP contribution >= 0.6 is 0 Å². The third-order valence-electron chi connectivity index (χ3n) is 2.02. The van der Waals surface area contributed by atoms with Crippen LogP contribution in [-0.4, -0.2) is 18.1 Å². The van der Waals surface area contributed by atoms with Crippen molar-refractivity contribution < 1.29 is 18.3 Å². The number of nitrogens with two attached hydrogens (primary N) is 1. The van der Waals surface area contributed by atoms with Crippen molar-refractivity contribution in [3.8, 4) is 0 Å². The number of halogens is 2. The number of aromatic amines is 1. The summed E-state index contributed by atoms with van der Waals surface area (Å²) in [6.07, 6.45) is -1.90. The normalized spacial score (nSPS) is 10.6. The van der Waals surface area contributed by atoms with Crippen LogP contribution in [0.15, 0.2) is 11.0 Å². The molecule has 0 fully saturated rings. The first-order valence-electron chi connectivity index (χ1n) is 4.33. The molecule has 0 unspecified atom stereocenters. The lowest BCUT2D eigenvalue weighted by atomic mass is 10.1. The first-order valence-corrected chi connectivity index (χ1v) is 4.33. The molecular formula is C9H10F2N2O3. The number of nitrogens with one attached hydrogen (secondary N) is 1. The lowest BCUT2D eigenvalue weighted by Gasteiger charge is -2.07. The topological polar surface area (TPSA) is 85.2 Å². The Labute approximate surface area is 89.2 Å². The minimum Gasteiger partial charge on any atom is -0.465 e. The number of methoxy groups -OCH3 is 1. The van der Waals surface area contributed by atoms with E-state index >= 15 is 0 Å². The van der Waals surface area contributed by atoms with Crippen LogP contribution in [0.25, 0.3) is 0 Å². The fourth-order valence-electron chi connectivity index (χ4n) is 1.21. The maximum absolute atomic E-state index is 12.5. The Balaban J connectivity index is 3.49. The van der Waals surface area contributed by atoms with Crippen LogP contribution in [0.1, 0.15) is 28.0 Å². The minimum atomic E-state index is -2.96. The Hall–Kier alpha value is -1.76. The van der Waals surface area contributed by atoms with Crippen LogP contribution in [0.3, 0.4) is 0 Å². The van der Waals surface area contributed by atoms with Gasteiger partial charge in [0.05, 0.1) is 7.11 Å². The van der Waals surface area contributed by atoms with Gasteiger partial charge in [0, 0.05) is 18.3 Å². The van der Waals surface area contributed by atoms with Crippen LogP contribution in [0.4, 0.5) is 8.78 Å². The number of hydrogen-bond donors (Lipinski definition) is 2. The van der Waals surface area contributed by atoms with Crippen molar-refractivity contribution in [3.63, 3.8) is 0 Å². The van der Waals surface area contributed by atoms with Crippen molar-refractivity contribution in [1.82, 2.24) is 4.98 Å². The van der Waals surface area contributed by atoms with Crippen molar-refractivity contribution in [2.24, 2.45) is 5.73 Å². The zero-order valence-electron chi connectivity index (χ0n) is 8.42. The molecule has 1 heterocycles. The van der Waals surface area contributed by atoms with Crippen LogP contribution in [0.2, 0.25) is 0 Å². The Morgan fingerprint density at radius 1 is 1.62 bits per heavy atom. The summed E-state index contributed by atoms with van der Waals surface area (Å²) in [4.78, 5) is 25.0. The molecule has 1 aromatic heterocycles. The van der Waals surface area contributed by atoms with Gasteiger partial charge in [-0.2, -0.15) is 0 Å². The highest BCUT2D eigenvalue weighted by molar-refractivity contribution is 5.90. The monoisotopic (exact) mass is 232 g/mol. The number of pyridine rings is 1. The second-order valence-electron chi connectivity index (χ2n) is 2.93. The molecule has 0 aliphatic carbocycles. The molecule has 0 spiro atoms. The maximum atomic E-state index is 12.5. The smallest absolute Gasteiger partial charge is 0.343 e. The number of esters is 1. The van der Waals surface area contributed by atoms with Gasteiger partial charge in [-0.15, -0.1) is 0 Å². The van der Waals surface area contributed by atoms with Gasteiger partial charge in [-0.25, -0.2) is 13.6 Å². The van der Waals surface area contributed by atoms with Gasteiger partial charge in [-0.1, -0.05) is 0 Å². The third-order valence-corrected chi connectivity index (χ3v) is 2.02. The summed E-state index contributed by atoms with van der Waals surface area (Å²) in [5.41, 5.74) is 2.99. The fraction of sp³-hybridized carbons (Fsp3) is 0.333. The first-order chi connectivity index (χ1) is 7.52. The van der Waals surface area contributed by atoms with Gasteiger partial charge in [0.15, 0.2) is 0 Å². The molecule has 7 heteroatoms. The summed E-state index contributed by atoms with van der Waals surface area (Å²) in [7, 11) is 1.01. The Kier molecular flexibility index (Phi) is 3.73. The highest BCUT2D eigenvalue weighted by atomic mass is 19.3. The van der Waals surface area contributed by atoms with E-state index in [4.69, 9.17) is 5.73 Å². The van der Waals surface area contributed by atoms with Gasteiger partial charge in [0.1, 0.15) is 11.3 Å². The predicted octanol–water partition coefficient (Wildman–Crippen LogP) is 0.558. The molecule has 0 saturated heterocycles. The lowest BCUT2D eigenvalue weighted by Crippen LogP contribution is -2.25. The molecule has 0 aliphatic rings. The Morgan fingerprint density at radius 3 is 2.69 bits per heavy atom. The average Bonchev–Trinajstić information content (AvgIpc) is 2.27. The van der Waals surface area contributed by atoms with Crippen molar-refractivity contribution in [1.29, 1.82) is 0 Å². The number of carbonyl (C=O) groups is 1. The maximum Gasteiger partial charge on any atom is 0.343 e. The summed E-state index contributed by atoms with van der Waals surface area (Å²) in [6, 6.07) is 0. The van der Waals surface area contributed by atoms with E-state index in [-0.39, 0.29) is 12.1 Å². The van der Waals surface area contributed by atoms with Crippen LogP contribution in [-0.2, 0) is 11.3 Å². The highest BCUT2D eigenvalue weighted by Gasteiger charge is 2.24. The zero-order chi connectivity index (χ0) is 12.3. The molecule has 16 heavy (non-hydrogen) atoms. The number of carbonyl (C=O) groups excluding carboxylic acids is 1. The molecule has 3 N–H and O–H groups in total. The zero-order valence-corrected chi connectivity index (χ0v) is 8.42. The standard InChI is InChI=1S/C9H10F2N2O3/c1-16-9(15)5-6(8(10)11)13-3-4(2-12)7(5)14/h3,8H,2,12H2,1H3,(H,13,14). The number of aromatic nitrogens is 1. The summed E-state index contributed by atoms with van der Waals surface area (Å²) in [5, 5.41) is 0. The predicted molar refractivity (Wildman–Crippen MR) is 51.3 cm³/mol. The molecule has 5 nitrogen and oxygen atoms in total. The van der Waals surface area contributed by atoms with Gasteiger partial charge in [-0.05, 0) is 0 Å². The van der Waals surface area contributed by atoms with E-state index in [2.05, 4.69) is 9.72 Å². The SMILES string of the molecule is COC(=O)c1c(C(F)F)[nH]cc(CN)c1=O. The Bertz CT molecular complexity index is 457. The van der Waals surface area contributed by atoms with Crippen molar-refractivity contribution in [2.45, 2.75) is 13.0 Å². The lowest BCUT2D eigenvalue weighted by molar-refractivity contribution is 0.0585. The Morgan fingerprint density at radius 2 is 2.25 bits per heavy atom.